The van der Waals surface area contributed by atoms with Gasteiger partial charge in [0, 0.05) is 23.5 Å². The number of hydrogen-bond acceptors (Lipinski definition) is 4. The minimum absolute atomic E-state index is 0.139. The second-order valence-electron chi connectivity index (χ2n) is 6.07. The third-order valence-corrected chi connectivity index (χ3v) is 4.58. The number of amides is 1. The van der Waals surface area contributed by atoms with Gasteiger partial charge in [0.05, 0.1) is 16.3 Å². The maximum Gasteiger partial charge on any atom is 0.249 e. The van der Waals surface area contributed by atoms with Gasteiger partial charge in [-0.25, -0.2) is 0 Å². The Hall–Kier alpha value is -3.12. The summed E-state index contributed by atoms with van der Waals surface area (Å²) in [6.07, 6.45) is 2.54. The van der Waals surface area contributed by atoms with Crippen LogP contribution in [-0.4, -0.2) is 20.7 Å². The Labute approximate surface area is 160 Å². The number of aryl methyl sites for hydroxylation is 1. The summed E-state index contributed by atoms with van der Waals surface area (Å²) in [5.74, 6) is 0.863. The standard InChI is InChI=1S/C20H17ClN4O2/c1-2-19-23-24-20(27-19)14-11-25(17-10-6-3-7-13(14)17)12-18(26)22-16-9-5-4-8-15(16)21/h3-11H,2,12H2,1H3,(H,22,26). The Kier molecular flexibility index (Phi) is 4.64. The predicted octanol–water partition coefficient (Wildman–Crippen LogP) is 4.55. The molecule has 4 aromatic rings. The molecule has 4 rings (SSSR count). The molecule has 0 aliphatic carbocycles. The zero-order valence-electron chi connectivity index (χ0n) is 14.6. The number of carbonyl (C=O) groups is 1. The van der Waals surface area contributed by atoms with Gasteiger partial charge in [0.15, 0.2) is 0 Å². The van der Waals surface area contributed by atoms with E-state index in [1.807, 2.05) is 54.1 Å². The fourth-order valence-electron chi connectivity index (χ4n) is 2.96. The van der Waals surface area contributed by atoms with Crippen LogP contribution in [0.5, 0.6) is 0 Å². The summed E-state index contributed by atoms with van der Waals surface area (Å²) in [4.78, 5) is 12.5. The van der Waals surface area contributed by atoms with Crippen molar-refractivity contribution >= 4 is 34.1 Å². The van der Waals surface area contributed by atoms with Gasteiger partial charge in [0.1, 0.15) is 6.54 Å². The summed E-state index contributed by atoms with van der Waals surface area (Å²) < 4.78 is 7.57. The van der Waals surface area contributed by atoms with E-state index in [1.165, 1.54) is 0 Å². The van der Waals surface area contributed by atoms with Crippen molar-refractivity contribution in [2.24, 2.45) is 0 Å². The first-order valence-electron chi connectivity index (χ1n) is 8.60. The average Bonchev–Trinajstić information content (AvgIpc) is 3.29. The molecule has 7 heteroatoms. The molecular formula is C20H17ClN4O2. The number of fused-ring (bicyclic) bond motifs is 1. The maximum atomic E-state index is 12.5. The lowest BCUT2D eigenvalue weighted by Crippen LogP contribution is -2.18. The van der Waals surface area contributed by atoms with E-state index in [0.717, 1.165) is 16.5 Å². The summed E-state index contributed by atoms with van der Waals surface area (Å²) >= 11 is 6.12. The quantitative estimate of drug-likeness (QED) is 0.551. The van der Waals surface area contributed by atoms with Crippen LogP contribution in [-0.2, 0) is 17.8 Å². The van der Waals surface area contributed by atoms with Crippen molar-refractivity contribution in [2.75, 3.05) is 5.32 Å². The smallest absolute Gasteiger partial charge is 0.249 e. The van der Waals surface area contributed by atoms with Gasteiger partial charge >= 0.3 is 0 Å². The van der Waals surface area contributed by atoms with E-state index >= 15 is 0 Å². The number of anilines is 1. The van der Waals surface area contributed by atoms with Crippen molar-refractivity contribution in [3.05, 3.63) is 65.6 Å². The molecule has 0 atom stereocenters. The second-order valence-corrected chi connectivity index (χ2v) is 6.48. The van der Waals surface area contributed by atoms with Crippen LogP contribution < -0.4 is 5.32 Å². The zero-order valence-corrected chi connectivity index (χ0v) is 15.4. The molecule has 6 nitrogen and oxygen atoms in total. The fraction of sp³-hybridized carbons (Fsp3) is 0.150. The first kappa shape index (κ1) is 17.3. The topological polar surface area (TPSA) is 73.0 Å². The molecule has 0 radical (unpaired) electrons. The van der Waals surface area contributed by atoms with Gasteiger partial charge in [-0.15, -0.1) is 10.2 Å². The van der Waals surface area contributed by atoms with Crippen molar-refractivity contribution < 1.29 is 9.21 Å². The van der Waals surface area contributed by atoms with E-state index in [2.05, 4.69) is 15.5 Å². The first-order valence-corrected chi connectivity index (χ1v) is 8.98. The van der Waals surface area contributed by atoms with Crippen molar-refractivity contribution in [1.29, 1.82) is 0 Å². The van der Waals surface area contributed by atoms with Gasteiger partial charge in [-0.05, 0) is 18.2 Å². The highest BCUT2D eigenvalue weighted by atomic mass is 35.5. The summed E-state index contributed by atoms with van der Waals surface area (Å²) in [6, 6.07) is 15.0. The number of para-hydroxylation sites is 2. The zero-order chi connectivity index (χ0) is 18.8. The van der Waals surface area contributed by atoms with Gasteiger partial charge in [-0.2, -0.15) is 0 Å². The molecular weight excluding hydrogens is 364 g/mol. The third-order valence-electron chi connectivity index (χ3n) is 4.25. The van der Waals surface area contributed by atoms with Crippen LogP contribution >= 0.6 is 11.6 Å². The van der Waals surface area contributed by atoms with Gasteiger partial charge < -0.3 is 14.3 Å². The Balaban J connectivity index is 1.66. The van der Waals surface area contributed by atoms with E-state index in [0.29, 0.717) is 28.9 Å². The SMILES string of the molecule is CCc1nnc(-c2cn(CC(=O)Nc3ccccc3Cl)c3ccccc23)o1. The van der Waals surface area contributed by atoms with Crippen LogP contribution in [0.3, 0.4) is 0 Å². The average molecular weight is 381 g/mol. The highest BCUT2D eigenvalue weighted by molar-refractivity contribution is 6.33. The molecule has 0 bridgehead atoms. The van der Waals surface area contributed by atoms with Crippen molar-refractivity contribution in [1.82, 2.24) is 14.8 Å². The molecule has 136 valence electrons. The van der Waals surface area contributed by atoms with Gasteiger partial charge in [0.25, 0.3) is 0 Å². The van der Waals surface area contributed by atoms with Crippen LogP contribution in [0.1, 0.15) is 12.8 Å². The molecule has 2 heterocycles. The highest BCUT2D eigenvalue weighted by Crippen LogP contribution is 2.30. The van der Waals surface area contributed by atoms with Crippen LogP contribution in [0.2, 0.25) is 5.02 Å². The number of aromatic nitrogens is 3. The molecule has 2 aromatic carbocycles. The van der Waals surface area contributed by atoms with E-state index in [4.69, 9.17) is 16.0 Å². The molecule has 0 fully saturated rings. The number of nitrogens with one attached hydrogen (secondary N) is 1. The van der Waals surface area contributed by atoms with Gasteiger partial charge in [-0.1, -0.05) is 48.9 Å². The number of carbonyl (C=O) groups excluding carboxylic acids is 1. The fourth-order valence-corrected chi connectivity index (χ4v) is 3.14. The lowest BCUT2D eigenvalue weighted by molar-refractivity contribution is -0.116. The summed E-state index contributed by atoms with van der Waals surface area (Å²) in [5, 5.41) is 12.5. The number of nitrogens with zero attached hydrogens (tertiary/aromatic N) is 3. The minimum Gasteiger partial charge on any atom is -0.421 e. The van der Waals surface area contributed by atoms with Crippen molar-refractivity contribution in [3.63, 3.8) is 0 Å². The van der Waals surface area contributed by atoms with Crippen LogP contribution in [0, 0.1) is 0 Å². The van der Waals surface area contributed by atoms with Gasteiger partial charge in [0.2, 0.25) is 17.7 Å². The minimum atomic E-state index is -0.171. The first-order chi connectivity index (χ1) is 13.2. The largest absolute Gasteiger partial charge is 0.421 e. The van der Waals surface area contributed by atoms with E-state index < -0.39 is 0 Å². The lowest BCUT2D eigenvalue weighted by Gasteiger charge is -2.08. The molecule has 2 aromatic heterocycles. The van der Waals surface area contributed by atoms with E-state index in [1.54, 1.807) is 12.1 Å². The lowest BCUT2D eigenvalue weighted by atomic mass is 10.2. The van der Waals surface area contributed by atoms with Crippen LogP contribution in [0.15, 0.2) is 59.1 Å². The Morgan fingerprint density at radius 3 is 2.70 bits per heavy atom. The normalized spacial score (nSPS) is 11.0. The van der Waals surface area contributed by atoms with Crippen molar-refractivity contribution in [3.8, 4) is 11.5 Å². The predicted molar refractivity (Wildman–Crippen MR) is 105 cm³/mol. The number of rotatable bonds is 5. The molecule has 0 spiro atoms. The number of hydrogen-bond donors (Lipinski definition) is 1. The number of halogens is 1. The van der Waals surface area contributed by atoms with Gasteiger partial charge in [-0.3, -0.25) is 4.79 Å². The third kappa shape index (κ3) is 3.44. The Bertz CT molecular complexity index is 1120. The molecule has 1 N–H and O–H groups in total. The summed E-state index contributed by atoms with van der Waals surface area (Å²) in [5.41, 5.74) is 2.31. The molecule has 0 saturated heterocycles. The van der Waals surface area contributed by atoms with E-state index in [9.17, 15) is 4.79 Å². The molecule has 1 amide bonds. The van der Waals surface area contributed by atoms with Crippen LogP contribution in [0.4, 0.5) is 5.69 Å². The Morgan fingerprint density at radius 1 is 1.15 bits per heavy atom. The molecule has 0 aliphatic heterocycles. The maximum absolute atomic E-state index is 12.5. The van der Waals surface area contributed by atoms with Crippen molar-refractivity contribution in [2.45, 2.75) is 19.9 Å². The highest BCUT2D eigenvalue weighted by Gasteiger charge is 2.17. The second kappa shape index (κ2) is 7.25. The van der Waals surface area contributed by atoms with Crippen LogP contribution in [0.25, 0.3) is 22.4 Å². The Morgan fingerprint density at radius 2 is 1.93 bits per heavy atom. The molecule has 0 aliphatic rings. The summed E-state index contributed by atoms with van der Waals surface area (Å²) in [7, 11) is 0. The molecule has 0 saturated carbocycles. The summed E-state index contributed by atoms with van der Waals surface area (Å²) in [6.45, 7) is 2.10. The van der Waals surface area contributed by atoms with E-state index in [-0.39, 0.29) is 12.5 Å². The number of benzene rings is 2. The monoisotopic (exact) mass is 380 g/mol. The molecule has 27 heavy (non-hydrogen) atoms. The molecule has 0 unspecified atom stereocenters.